The van der Waals surface area contributed by atoms with Crippen LogP contribution in [0.2, 0.25) is 0 Å². The van der Waals surface area contributed by atoms with Crippen LogP contribution >= 0.6 is 0 Å². The summed E-state index contributed by atoms with van der Waals surface area (Å²) >= 11 is 0. The number of hydrogen-bond donors (Lipinski definition) is 0. The van der Waals surface area contributed by atoms with Crippen molar-refractivity contribution < 1.29 is 0 Å². The molecule has 0 aromatic carbocycles. The average molecular weight is 287 g/mol. The van der Waals surface area contributed by atoms with Crippen LogP contribution in [0, 0.1) is 0 Å². The van der Waals surface area contributed by atoms with Crippen molar-refractivity contribution in [3.63, 3.8) is 0 Å². The first-order valence-electron chi connectivity index (χ1n) is 8.73. The minimum absolute atomic E-state index is 0.560. The topological polar surface area (TPSA) is 19.4 Å². The molecule has 0 aliphatic carbocycles. The normalized spacial score (nSPS) is 24.5. The van der Waals surface area contributed by atoms with E-state index < -0.39 is 0 Å². The summed E-state index contributed by atoms with van der Waals surface area (Å²) in [7, 11) is 0. The average Bonchev–Trinajstić information content (AvgIpc) is 2.55. The Morgan fingerprint density at radius 1 is 1.05 bits per heavy atom. The van der Waals surface area contributed by atoms with Crippen molar-refractivity contribution in [3.8, 4) is 0 Å². The van der Waals surface area contributed by atoms with Crippen LogP contribution < -0.4 is 4.90 Å². The Balaban J connectivity index is 1.89. The number of nitrogens with zero attached hydrogens (tertiary/aromatic N) is 3. The van der Waals surface area contributed by atoms with Gasteiger partial charge in [0, 0.05) is 36.9 Å². The number of rotatable bonds is 3. The van der Waals surface area contributed by atoms with Crippen LogP contribution in [-0.2, 0) is 0 Å². The van der Waals surface area contributed by atoms with Crippen molar-refractivity contribution in [1.29, 1.82) is 0 Å². The van der Waals surface area contributed by atoms with Crippen molar-refractivity contribution in [2.45, 2.75) is 64.5 Å². The van der Waals surface area contributed by atoms with E-state index in [4.69, 9.17) is 4.98 Å². The highest BCUT2D eigenvalue weighted by Gasteiger charge is 2.29. The molecular weight excluding hydrogens is 258 g/mol. The molecule has 1 aromatic rings. The summed E-state index contributed by atoms with van der Waals surface area (Å²) in [5.41, 5.74) is 1.47. The molecule has 116 valence electrons. The Hall–Kier alpha value is -1.09. The molecule has 3 heterocycles. The highest BCUT2D eigenvalue weighted by atomic mass is 15.2. The lowest BCUT2D eigenvalue weighted by Crippen LogP contribution is -2.40. The zero-order valence-corrected chi connectivity index (χ0v) is 13.6. The van der Waals surface area contributed by atoms with E-state index in [1.54, 1.807) is 0 Å². The first-order chi connectivity index (χ1) is 10.3. The van der Waals surface area contributed by atoms with Crippen molar-refractivity contribution in [2.75, 3.05) is 24.5 Å². The maximum absolute atomic E-state index is 4.77. The zero-order valence-electron chi connectivity index (χ0n) is 13.6. The Morgan fingerprint density at radius 3 is 2.57 bits per heavy atom. The monoisotopic (exact) mass is 287 g/mol. The Labute approximate surface area is 129 Å². The number of piperidine rings is 2. The standard InChI is InChI=1S/C18H29N3/c1-15(2)21-14-7-4-10-17(21)16-9-8-11-19-18(16)20-12-5-3-6-13-20/h8-9,11,15,17H,3-7,10,12-14H2,1-2H3/t17-/m0/s1. The zero-order chi connectivity index (χ0) is 14.7. The lowest BCUT2D eigenvalue weighted by Gasteiger charge is -2.40. The van der Waals surface area contributed by atoms with E-state index in [2.05, 4.69) is 35.8 Å². The fraction of sp³-hybridized carbons (Fsp3) is 0.722. The van der Waals surface area contributed by atoms with E-state index in [-0.39, 0.29) is 0 Å². The summed E-state index contributed by atoms with van der Waals surface area (Å²) in [6.45, 7) is 8.25. The molecule has 1 aromatic heterocycles. The van der Waals surface area contributed by atoms with Gasteiger partial charge in [0.25, 0.3) is 0 Å². The molecule has 0 spiro atoms. The molecule has 1 atom stereocenters. The molecule has 2 fully saturated rings. The van der Waals surface area contributed by atoms with Crippen LogP contribution in [0.1, 0.15) is 64.0 Å². The third-order valence-corrected chi connectivity index (χ3v) is 5.04. The number of pyridine rings is 1. The van der Waals surface area contributed by atoms with Gasteiger partial charge >= 0.3 is 0 Å². The molecule has 3 heteroatoms. The summed E-state index contributed by atoms with van der Waals surface area (Å²) < 4.78 is 0. The minimum atomic E-state index is 0.560. The summed E-state index contributed by atoms with van der Waals surface area (Å²) in [5, 5.41) is 0. The van der Waals surface area contributed by atoms with Gasteiger partial charge in [-0.25, -0.2) is 4.98 Å². The van der Waals surface area contributed by atoms with E-state index in [1.807, 2.05) is 6.20 Å². The van der Waals surface area contributed by atoms with E-state index in [0.717, 1.165) is 0 Å². The third kappa shape index (κ3) is 3.23. The molecule has 0 amide bonds. The molecule has 0 radical (unpaired) electrons. The van der Waals surface area contributed by atoms with Crippen molar-refractivity contribution in [1.82, 2.24) is 9.88 Å². The van der Waals surface area contributed by atoms with E-state index in [0.29, 0.717) is 12.1 Å². The van der Waals surface area contributed by atoms with E-state index in [9.17, 15) is 0 Å². The van der Waals surface area contributed by atoms with E-state index in [1.165, 1.54) is 69.5 Å². The first-order valence-corrected chi connectivity index (χ1v) is 8.73. The van der Waals surface area contributed by atoms with Crippen molar-refractivity contribution in [2.24, 2.45) is 0 Å². The summed E-state index contributed by atoms with van der Waals surface area (Å²) in [4.78, 5) is 9.96. The molecule has 0 bridgehead atoms. The Morgan fingerprint density at radius 2 is 1.81 bits per heavy atom. The predicted molar refractivity (Wildman–Crippen MR) is 88.7 cm³/mol. The van der Waals surface area contributed by atoms with E-state index >= 15 is 0 Å². The second-order valence-corrected chi connectivity index (χ2v) is 6.81. The second kappa shape index (κ2) is 6.78. The highest BCUT2D eigenvalue weighted by Crippen LogP contribution is 2.37. The van der Waals surface area contributed by atoms with Crippen LogP contribution in [0.4, 0.5) is 5.82 Å². The van der Waals surface area contributed by atoms with Gasteiger partial charge in [0.05, 0.1) is 0 Å². The van der Waals surface area contributed by atoms with Gasteiger partial charge < -0.3 is 4.90 Å². The number of likely N-dealkylation sites (tertiary alicyclic amines) is 1. The van der Waals surface area contributed by atoms with Gasteiger partial charge in [-0.3, -0.25) is 4.90 Å². The SMILES string of the molecule is CC(C)N1CCCC[C@H]1c1cccnc1N1CCCCC1. The van der Waals surface area contributed by atoms with Gasteiger partial charge in [0.1, 0.15) is 5.82 Å². The maximum Gasteiger partial charge on any atom is 0.133 e. The van der Waals surface area contributed by atoms with Crippen LogP contribution in [0.15, 0.2) is 18.3 Å². The van der Waals surface area contributed by atoms with Crippen molar-refractivity contribution >= 4 is 5.82 Å². The summed E-state index contributed by atoms with van der Waals surface area (Å²) in [5.74, 6) is 1.26. The minimum Gasteiger partial charge on any atom is -0.356 e. The molecule has 0 unspecified atom stereocenters. The lowest BCUT2D eigenvalue weighted by atomic mass is 9.93. The summed E-state index contributed by atoms with van der Waals surface area (Å²) in [6.07, 6.45) is 9.94. The molecule has 2 aliphatic rings. The molecule has 2 aliphatic heterocycles. The molecule has 3 nitrogen and oxygen atoms in total. The summed E-state index contributed by atoms with van der Waals surface area (Å²) in [6, 6.07) is 5.62. The molecule has 2 saturated heterocycles. The van der Waals surface area contributed by atoms with Crippen LogP contribution in [0.3, 0.4) is 0 Å². The van der Waals surface area contributed by atoms with Crippen LogP contribution in [0.5, 0.6) is 0 Å². The third-order valence-electron chi connectivity index (χ3n) is 5.04. The number of anilines is 1. The van der Waals surface area contributed by atoms with Gasteiger partial charge in [-0.15, -0.1) is 0 Å². The highest BCUT2D eigenvalue weighted by molar-refractivity contribution is 5.49. The molecule has 21 heavy (non-hydrogen) atoms. The van der Waals surface area contributed by atoms with Gasteiger partial charge in [0.2, 0.25) is 0 Å². The molecular formula is C18H29N3. The Kier molecular flexibility index (Phi) is 4.79. The largest absolute Gasteiger partial charge is 0.356 e. The van der Waals surface area contributed by atoms with Crippen molar-refractivity contribution in [3.05, 3.63) is 23.9 Å². The number of aromatic nitrogens is 1. The van der Waals surface area contributed by atoms with Gasteiger partial charge in [0.15, 0.2) is 0 Å². The lowest BCUT2D eigenvalue weighted by molar-refractivity contribution is 0.112. The molecule has 3 rings (SSSR count). The first kappa shape index (κ1) is 14.8. The molecule has 0 saturated carbocycles. The van der Waals surface area contributed by atoms with Crippen LogP contribution in [0.25, 0.3) is 0 Å². The fourth-order valence-corrected chi connectivity index (χ4v) is 3.95. The van der Waals surface area contributed by atoms with Gasteiger partial charge in [-0.2, -0.15) is 0 Å². The Bertz CT molecular complexity index is 452. The molecule has 0 N–H and O–H groups in total. The smallest absolute Gasteiger partial charge is 0.133 e. The maximum atomic E-state index is 4.77. The number of hydrogen-bond acceptors (Lipinski definition) is 3. The predicted octanol–water partition coefficient (Wildman–Crippen LogP) is 4.01. The van der Waals surface area contributed by atoms with Crippen LogP contribution in [-0.4, -0.2) is 35.6 Å². The second-order valence-electron chi connectivity index (χ2n) is 6.81. The quantitative estimate of drug-likeness (QED) is 0.837. The fourth-order valence-electron chi connectivity index (χ4n) is 3.95. The van der Waals surface area contributed by atoms with Gasteiger partial charge in [-0.1, -0.05) is 12.5 Å². The van der Waals surface area contributed by atoms with Gasteiger partial charge in [-0.05, 0) is 58.6 Å².